The Balaban J connectivity index is 1.50. The Morgan fingerprint density at radius 3 is 2.55 bits per heavy atom. The Kier molecular flexibility index (Phi) is 8.32. The number of carbonyl (C=O) groups excluding carboxylic acids is 4. The third-order valence-electron chi connectivity index (χ3n) is 8.81. The Hall–Kier alpha value is -3.99. The molecule has 0 unspecified atom stereocenters. The van der Waals surface area contributed by atoms with Crippen molar-refractivity contribution in [3.05, 3.63) is 89.5 Å². The zero-order chi connectivity index (χ0) is 31.0. The van der Waals surface area contributed by atoms with E-state index in [1.807, 2.05) is 6.07 Å². The monoisotopic (exact) mass is 619 g/mol. The molecule has 0 aromatic heterocycles. The van der Waals surface area contributed by atoms with Gasteiger partial charge in [-0.15, -0.1) is 0 Å². The quantitative estimate of drug-likeness (QED) is 0.398. The van der Waals surface area contributed by atoms with Crippen LogP contribution in [0.4, 0.5) is 5.69 Å². The van der Waals surface area contributed by atoms with Crippen LogP contribution in [0, 0.1) is 11.8 Å². The zero-order valence-corrected chi connectivity index (χ0v) is 24.9. The molecule has 4 heterocycles. The summed E-state index contributed by atoms with van der Waals surface area (Å²) in [6, 6.07) is 13.8. The summed E-state index contributed by atoms with van der Waals surface area (Å²) in [6.07, 6.45) is 5.99. The summed E-state index contributed by atoms with van der Waals surface area (Å²) < 4.78 is 12.5. The molecule has 2 aromatic carbocycles. The molecule has 4 aliphatic rings. The topological polar surface area (TPSA) is 125 Å². The highest BCUT2D eigenvalue weighted by Crippen LogP contribution is 2.55. The van der Waals surface area contributed by atoms with Crippen molar-refractivity contribution in [1.29, 1.82) is 0 Å². The second-order valence-electron chi connectivity index (χ2n) is 11.5. The van der Waals surface area contributed by atoms with Gasteiger partial charge in [-0.3, -0.25) is 19.2 Å². The van der Waals surface area contributed by atoms with Gasteiger partial charge in [0.1, 0.15) is 23.7 Å². The number of aliphatic hydroxyl groups is 1. The van der Waals surface area contributed by atoms with Crippen molar-refractivity contribution in [2.24, 2.45) is 11.8 Å². The van der Waals surface area contributed by atoms with E-state index >= 15 is 0 Å². The molecule has 2 aromatic rings. The number of nitrogens with zero attached hydrogens (tertiary/aromatic N) is 2. The molecule has 2 saturated heterocycles. The number of nitrogens with one attached hydrogen (secondary N) is 1. The van der Waals surface area contributed by atoms with Crippen LogP contribution in [0.3, 0.4) is 0 Å². The molecule has 2 N–H and O–H groups in total. The van der Waals surface area contributed by atoms with Gasteiger partial charge in [0.2, 0.25) is 11.8 Å². The van der Waals surface area contributed by atoms with Crippen molar-refractivity contribution in [3.8, 4) is 0 Å². The molecule has 0 saturated carbocycles. The number of likely N-dealkylation sites (tertiary alicyclic amines) is 1. The molecule has 7 atom stereocenters. The summed E-state index contributed by atoms with van der Waals surface area (Å²) >= 11 is 6.55. The lowest BCUT2D eigenvalue weighted by atomic mass is 9.78. The van der Waals surface area contributed by atoms with Crippen LogP contribution in [0.1, 0.15) is 31.4 Å². The predicted octanol–water partition coefficient (Wildman–Crippen LogP) is 2.96. The fraction of sp³-hybridized carbons (Fsp3) is 0.394. The number of para-hydroxylation sites is 1. The van der Waals surface area contributed by atoms with Crippen molar-refractivity contribution in [1.82, 2.24) is 10.2 Å². The molecule has 0 bridgehead atoms. The third kappa shape index (κ3) is 5.10. The number of ether oxygens (including phenoxy) is 2. The molecule has 0 aliphatic carbocycles. The summed E-state index contributed by atoms with van der Waals surface area (Å²) in [5.41, 5.74) is -0.458. The van der Waals surface area contributed by atoms with Gasteiger partial charge in [-0.1, -0.05) is 78.4 Å². The number of anilines is 1. The Labute approximate surface area is 260 Å². The molecule has 10 nitrogen and oxygen atoms in total. The van der Waals surface area contributed by atoms with Crippen molar-refractivity contribution in [2.75, 3.05) is 24.6 Å². The first-order valence-electron chi connectivity index (χ1n) is 14.8. The van der Waals surface area contributed by atoms with Crippen molar-refractivity contribution in [3.63, 3.8) is 0 Å². The van der Waals surface area contributed by atoms with Crippen molar-refractivity contribution < 1.29 is 33.8 Å². The highest BCUT2D eigenvalue weighted by Gasteiger charge is 2.72. The van der Waals surface area contributed by atoms with Crippen molar-refractivity contribution >= 4 is 41.0 Å². The summed E-state index contributed by atoms with van der Waals surface area (Å²) in [5.74, 6) is -3.98. The number of cyclic esters (lactones) is 1. The van der Waals surface area contributed by atoms with Gasteiger partial charge in [0.05, 0.1) is 41.9 Å². The Bertz CT molecular complexity index is 1510. The van der Waals surface area contributed by atoms with E-state index in [-0.39, 0.29) is 25.4 Å². The van der Waals surface area contributed by atoms with E-state index in [4.69, 9.17) is 21.1 Å². The molecule has 3 amide bonds. The van der Waals surface area contributed by atoms with Gasteiger partial charge in [0.25, 0.3) is 5.91 Å². The Morgan fingerprint density at radius 2 is 1.80 bits per heavy atom. The molecule has 6 rings (SSSR count). The number of esters is 1. The maximum atomic E-state index is 14.7. The average molecular weight is 620 g/mol. The van der Waals surface area contributed by atoms with Crippen molar-refractivity contribution in [2.45, 2.75) is 49.7 Å². The van der Waals surface area contributed by atoms with Gasteiger partial charge in [-0.2, -0.15) is 0 Å². The summed E-state index contributed by atoms with van der Waals surface area (Å²) in [5, 5.41) is 13.8. The number of fused-ring (bicyclic) bond motifs is 2. The van der Waals surface area contributed by atoms with Gasteiger partial charge < -0.3 is 29.7 Å². The number of carbonyl (C=O) groups is 4. The largest absolute Gasteiger partial charge is 0.460 e. The van der Waals surface area contributed by atoms with Crippen LogP contribution in [0.5, 0.6) is 0 Å². The fourth-order valence-corrected chi connectivity index (χ4v) is 7.09. The number of hydrogen-bond donors (Lipinski definition) is 2. The maximum absolute atomic E-state index is 14.7. The van der Waals surface area contributed by atoms with Crippen LogP contribution in [0.2, 0.25) is 5.02 Å². The average Bonchev–Trinajstić information content (AvgIpc) is 3.40. The number of rotatable bonds is 4. The number of halogens is 1. The lowest BCUT2D eigenvalue weighted by molar-refractivity contribution is -0.159. The van der Waals surface area contributed by atoms with Gasteiger partial charge >= 0.3 is 5.97 Å². The standard InChI is InChI=1S/C33H34ClN3O7/c1-20-18-35-26(39)15-8-7-14-25-27(32(42)43-20)28-30(40)37(24(19-38)21-10-3-2-4-11-21)29-31(41)36(17-9-16-33(28,29)44-25)23-13-6-5-12-22(23)34/h2-7,9-14,16,20,24-25,27-29,38H,8,15,17-19H2,1H3,(H,35,39)/b14-7-/t20-,24+,25-,27+,28+,29-,33+/m0/s1. The normalized spacial score (nSPS) is 31.9. The number of amides is 3. The first kappa shape index (κ1) is 30.1. The summed E-state index contributed by atoms with van der Waals surface area (Å²) in [4.78, 5) is 58.4. The number of benzene rings is 2. The van der Waals surface area contributed by atoms with E-state index in [0.29, 0.717) is 22.7 Å². The fourth-order valence-electron chi connectivity index (χ4n) is 6.85. The van der Waals surface area contributed by atoms with Crippen LogP contribution in [0.15, 0.2) is 78.9 Å². The molecule has 230 valence electrons. The second kappa shape index (κ2) is 12.2. The minimum atomic E-state index is -1.55. The molecular formula is C33H34ClN3O7. The maximum Gasteiger partial charge on any atom is 0.313 e. The van der Waals surface area contributed by atoms with Crippen LogP contribution < -0.4 is 10.2 Å². The zero-order valence-electron chi connectivity index (χ0n) is 24.2. The van der Waals surface area contributed by atoms with E-state index in [9.17, 15) is 24.3 Å². The molecule has 1 spiro atoms. The molecule has 4 aliphatic heterocycles. The highest BCUT2D eigenvalue weighted by molar-refractivity contribution is 6.34. The highest BCUT2D eigenvalue weighted by atomic mass is 35.5. The molecule has 44 heavy (non-hydrogen) atoms. The van der Waals surface area contributed by atoms with Crippen LogP contribution in [0.25, 0.3) is 0 Å². The van der Waals surface area contributed by atoms with E-state index in [1.54, 1.807) is 79.8 Å². The van der Waals surface area contributed by atoms with E-state index in [0.717, 1.165) is 0 Å². The molecular weight excluding hydrogens is 586 g/mol. The second-order valence-corrected chi connectivity index (χ2v) is 11.9. The summed E-state index contributed by atoms with van der Waals surface area (Å²) in [7, 11) is 0. The molecule has 11 heteroatoms. The number of hydrogen-bond acceptors (Lipinski definition) is 7. The predicted molar refractivity (Wildman–Crippen MR) is 161 cm³/mol. The van der Waals surface area contributed by atoms with Crippen LogP contribution in [-0.2, 0) is 28.7 Å². The first-order valence-corrected chi connectivity index (χ1v) is 15.2. The van der Waals surface area contributed by atoms with Crippen LogP contribution >= 0.6 is 11.6 Å². The number of allylic oxidation sites excluding steroid dienone is 1. The van der Waals surface area contributed by atoms with Gasteiger partial charge in [-0.05, 0) is 31.0 Å². The smallest absolute Gasteiger partial charge is 0.313 e. The number of aliphatic hydroxyl groups excluding tert-OH is 1. The lowest BCUT2D eigenvalue weighted by Crippen LogP contribution is -2.56. The van der Waals surface area contributed by atoms with E-state index in [1.165, 1.54) is 9.80 Å². The molecule has 0 radical (unpaired) electrons. The lowest BCUT2D eigenvalue weighted by Gasteiger charge is -2.38. The van der Waals surface area contributed by atoms with Gasteiger partial charge in [-0.25, -0.2) is 0 Å². The minimum absolute atomic E-state index is 0.122. The van der Waals surface area contributed by atoms with Crippen LogP contribution in [-0.4, -0.2) is 77.2 Å². The Morgan fingerprint density at radius 1 is 1.05 bits per heavy atom. The molecule has 2 fully saturated rings. The minimum Gasteiger partial charge on any atom is -0.460 e. The van der Waals surface area contributed by atoms with Gasteiger partial charge in [0, 0.05) is 13.0 Å². The first-order chi connectivity index (χ1) is 21.3. The SMILES string of the molecule is C[C@H]1CNC(=O)CC/C=C\[C@@H]2O[C@@]34C=CCN(c5ccccc5Cl)C(=O)[C@@H]3N([C@H](CO)c3ccccc3)C(=O)[C@H]4[C@@H]2C(=O)O1. The van der Waals surface area contributed by atoms with Gasteiger partial charge in [0.15, 0.2) is 0 Å². The third-order valence-corrected chi connectivity index (χ3v) is 9.13. The van der Waals surface area contributed by atoms with E-state index in [2.05, 4.69) is 5.32 Å². The summed E-state index contributed by atoms with van der Waals surface area (Å²) in [6.45, 7) is 1.47. The van der Waals surface area contributed by atoms with E-state index < -0.39 is 66.1 Å².